The predicted octanol–water partition coefficient (Wildman–Crippen LogP) is 1.79. The van der Waals surface area contributed by atoms with Crippen LogP contribution in [0, 0.1) is 6.92 Å². The summed E-state index contributed by atoms with van der Waals surface area (Å²) >= 11 is 0. The zero-order chi connectivity index (χ0) is 17.9. The first-order valence-electron chi connectivity index (χ1n) is 8.20. The smallest absolute Gasteiger partial charge is 0.316 e. The van der Waals surface area contributed by atoms with Crippen LogP contribution in [0.3, 0.4) is 0 Å². The molecule has 0 aliphatic carbocycles. The van der Waals surface area contributed by atoms with E-state index >= 15 is 0 Å². The molecule has 0 atom stereocenters. The lowest BCUT2D eigenvalue weighted by Gasteiger charge is -2.05. The van der Waals surface area contributed by atoms with Crippen molar-refractivity contribution in [3.05, 3.63) is 42.3 Å². The first-order valence-corrected chi connectivity index (χ1v) is 8.20. The minimum absolute atomic E-state index is 0.0727. The maximum atomic E-state index is 12.1. The largest absolute Gasteiger partial charge is 0.454 e. The standard InChI is InChI=1S/C17H17N5O4/c1-11-18-6-8-22(11)7-2-5-19-16(23)17-20-15(21-26-17)12-3-4-13-14(9-12)25-10-24-13/h3-4,6,8-9H,2,5,7,10H2,1H3,(H,19,23). The molecule has 1 aliphatic rings. The molecule has 26 heavy (non-hydrogen) atoms. The Balaban J connectivity index is 1.34. The van der Waals surface area contributed by atoms with Gasteiger partial charge in [-0.1, -0.05) is 5.16 Å². The third-order valence-electron chi connectivity index (χ3n) is 4.04. The quantitative estimate of drug-likeness (QED) is 0.672. The first kappa shape index (κ1) is 16.1. The second kappa shape index (κ2) is 6.87. The number of amides is 1. The molecule has 0 saturated heterocycles. The lowest BCUT2D eigenvalue weighted by Crippen LogP contribution is -2.25. The average Bonchev–Trinajstić information content (AvgIpc) is 3.38. The van der Waals surface area contributed by atoms with E-state index in [0.29, 0.717) is 29.4 Å². The Morgan fingerprint density at radius 1 is 1.31 bits per heavy atom. The van der Waals surface area contributed by atoms with Gasteiger partial charge in [0.05, 0.1) is 0 Å². The highest BCUT2D eigenvalue weighted by molar-refractivity contribution is 5.89. The Morgan fingerprint density at radius 2 is 2.19 bits per heavy atom. The fraction of sp³-hybridized carbons (Fsp3) is 0.294. The minimum Gasteiger partial charge on any atom is -0.454 e. The summed E-state index contributed by atoms with van der Waals surface area (Å²) in [4.78, 5) is 20.4. The van der Waals surface area contributed by atoms with Crippen molar-refractivity contribution in [2.75, 3.05) is 13.3 Å². The van der Waals surface area contributed by atoms with Gasteiger partial charge in [-0.05, 0) is 31.5 Å². The topological polar surface area (TPSA) is 104 Å². The molecule has 0 bridgehead atoms. The molecule has 2 aromatic heterocycles. The Bertz CT molecular complexity index is 933. The van der Waals surface area contributed by atoms with E-state index < -0.39 is 5.91 Å². The van der Waals surface area contributed by atoms with Crippen molar-refractivity contribution in [3.63, 3.8) is 0 Å². The third kappa shape index (κ3) is 3.23. The molecule has 1 aliphatic heterocycles. The van der Waals surface area contributed by atoms with Crippen molar-refractivity contribution < 1.29 is 18.8 Å². The number of fused-ring (bicyclic) bond motifs is 1. The Morgan fingerprint density at radius 3 is 3.04 bits per heavy atom. The van der Waals surface area contributed by atoms with Crippen LogP contribution in [0.15, 0.2) is 35.1 Å². The summed E-state index contributed by atoms with van der Waals surface area (Å²) in [5.74, 6) is 2.09. The molecule has 0 radical (unpaired) electrons. The molecule has 3 heterocycles. The molecular weight excluding hydrogens is 338 g/mol. The molecule has 1 amide bonds. The Labute approximate surface area is 148 Å². The lowest BCUT2D eigenvalue weighted by molar-refractivity contribution is 0.0909. The number of nitrogens with one attached hydrogen (secondary N) is 1. The predicted molar refractivity (Wildman–Crippen MR) is 89.8 cm³/mol. The van der Waals surface area contributed by atoms with Crippen molar-refractivity contribution in [1.29, 1.82) is 0 Å². The number of hydrogen-bond donors (Lipinski definition) is 1. The average molecular weight is 355 g/mol. The minimum atomic E-state index is -0.396. The lowest BCUT2D eigenvalue weighted by atomic mass is 10.2. The van der Waals surface area contributed by atoms with Crippen LogP contribution in [0.2, 0.25) is 0 Å². The summed E-state index contributed by atoms with van der Waals surface area (Å²) in [5.41, 5.74) is 0.688. The van der Waals surface area contributed by atoms with E-state index in [1.54, 1.807) is 24.4 Å². The summed E-state index contributed by atoms with van der Waals surface area (Å²) in [6.45, 7) is 3.41. The maximum absolute atomic E-state index is 12.1. The van der Waals surface area contributed by atoms with Gasteiger partial charge in [0.25, 0.3) is 0 Å². The number of aromatic nitrogens is 4. The second-order valence-electron chi connectivity index (χ2n) is 5.77. The highest BCUT2D eigenvalue weighted by Gasteiger charge is 2.19. The maximum Gasteiger partial charge on any atom is 0.316 e. The number of aryl methyl sites for hydroxylation is 2. The van der Waals surface area contributed by atoms with Crippen LogP contribution >= 0.6 is 0 Å². The van der Waals surface area contributed by atoms with E-state index in [-0.39, 0.29) is 12.7 Å². The number of hydrogen-bond acceptors (Lipinski definition) is 7. The number of ether oxygens (including phenoxy) is 2. The molecule has 1 N–H and O–H groups in total. The van der Waals surface area contributed by atoms with Gasteiger partial charge in [-0.2, -0.15) is 4.98 Å². The van der Waals surface area contributed by atoms with Gasteiger partial charge in [0.2, 0.25) is 12.6 Å². The van der Waals surface area contributed by atoms with E-state index in [1.165, 1.54) is 0 Å². The van der Waals surface area contributed by atoms with Crippen molar-refractivity contribution in [2.24, 2.45) is 0 Å². The van der Waals surface area contributed by atoms with Crippen LogP contribution in [-0.4, -0.2) is 38.9 Å². The number of imidazole rings is 1. The second-order valence-corrected chi connectivity index (χ2v) is 5.77. The Hall–Kier alpha value is -3.36. The highest BCUT2D eigenvalue weighted by Crippen LogP contribution is 2.35. The fourth-order valence-electron chi connectivity index (χ4n) is 2.64. The zero-order valence-corrected chi connectivity index (χ0v) is 14.1. The van der Waals surface area contributed by atoms with Crippen LogP contribution in [0.4, 0.5) is 0 Å². The molecule has 9 heteroatoms. The van der Waals surface area contributed by atoms with Crippen LogP contribution in [-0.2, 0) is 6.54 Å². The van der Waals surface area contributed by atoms with Crippen molar-refractivity contribution in [1.82, 2.24) is 25.0 Å². The van der Waals surface area contributed by atoms with Gasteiger partial charge in [0, 0.05) is 31.0 Å². The number of carbonyl (C=O) groups excluding carboxylic acids is 1. The SMILES string of the molecule is Cc1nccn1CCCNC(=O)c1nc(-c2ccc3c(c2)OCO3)no1. The van der Waals surface area contributed by atoms with Crippen molar-refractivity contribution >= 4 is 5.91 Å². The van der Waals surface area contributed by atoms with Gasteiger partial charge in [-0.3, -0.25) is 4.79 Å². The van der Waals surface area contributed by atoms with Gasteiger partial charge in [-0.15, -0.1) is 0 Å². The van der Waals surface area contributed by atoms with Crippen LogP contribution in [0.5, 0.6) is 11.5 Å². The number of rotatable bonds is 6. The Kier molecular flexibility index (Phi) is 4.26. The summed E-state index contributed by atoms with van der Waals surface area (Å²) in [5, 5.41) is 6.63. The van der Waals surface area contributed by atoms with Gasteiger partial charge in [-0.25, -0.2) is 4.98 Å². The van der Waals surface area contributed by atoms with Gasteiger partial charge in [0.15, 0.2) is 11.5 Å². The van der Waals surface area contributed by atoms with E-state index in [4.69, 9.17) is 14.0 Å². The van der Waals surface area contributed by atoms with Crippen LogP contribution < -0.4 is 14.8 Å². The highest BCUT2D eigenvalue weighted by atomic mass is 16.7. The summed E-state index contributed by atoms with van der Waals surface area (Å²) in [6, 6.07) is 5.31. The normalized spacial score (nSPS) is 12.3. The number of carbonyl (C=O) groups is 1. The number of benzene rings is 1. The van der Waals surface area contributed by atoms with E-state index in [1.807, 2.05) is 17.7 Å². The van der Waals surface area contributed by atoms with Gasteiger partial charge >= 0.3 is 11.8 Å². The van der Waals surface area contributed by atoms with E-state index in [9.17, 15) is 4.79 Å². The van der Waals surface area contributed by atoms with Crippen molar-refractivity contribution in [2.45, 2.75) is 19.9 Å². The monoisotopic (exact) mass is 355 g/mol. The summed E-state index contributed by atoms with van der Waals surface area (Å²) < 4.78 is 17.7. The molecule has 4 rings (SSSR count). The summed E-state index contributed by atoms with van der Waals surface area (Å²) in [7, 11) is 0. The molecule has 1 aromatic carbocycles. The molecular formula is C17H17N5O4. The fourth-order valence-corrected chi connectivity index (χ4v) is 2.64. The van der Waals surface area contributed by atoms with Crippen molar-refractivity contribution in [3.8, 4) is 22.9 Å². The van der Waals surface area contributed by atoms with Crippen LogP contribution in [0.25, 0.3) is 11.4 Å². The molecule has 9 nitrogen and oxygen atoms in total. The van der Waals surface area contributed by atoms with Gasteiger partial charge in [0.1, 0.15) is 5.82 Å². The van der Waals surface area contributed by atoms with Crippen LogP contribution in [0.1, 0.15) is 22.9 Å². The molecule has 134 valence electrons. The third-order valence-corrected chi connectivity index (χ3v) is 4.04. The number of nitrogens with zero attached hydrogens (tertiary/aromatic N) is 4. The molecule has 0 unspecified atom stereocenters. The molecule has 3 aromatic rings. The molecule has 0 fully saturated rings. The van der Waals surface area contributed by atoms with E-state index in [2.05, 4.69) is 20.4 Å². The van der Waals surface area contributed by atoms with E-state index in [0.717, 1.165) is 18.8 Å². The molecule has 0 spiro atoms. The molecule has 0 saturated carbocycles. The summed E-state index contributed by atoms with van der Waals surface area (Å²) in [6.07, 6.45) is 4.43. The first-order chi connectivity index (χ1) is 12.7. The zero-order valence-electron chi connectivity index (χ0n) is 14.1. The van der Waals surface area contributed by atoms with Gasteiger partial charge < -0.3 is 23.9 Å².